The molecular formula is C6H12O4S. The van der Waals surface area contributed by atoms with E-state index in [1.165, 1.54) is 14.2 Å². The van der Waals surface area contributed by atoms with Gasteiger partial charge in [0.2, 0.25) is 9.84 Å². The molecule has 0 radical (unpaired) electrons. The van der Waals surface area contributed by atoms with Crippen LogP contribution in [0.15, 0.2) is 0 Å². The standard InChI is InChI=1S/C6H12O4S/c1-9-6(10-2)4-3-5-11(6,7)8/h3-5H2,1-2H3. The van der Waals surface area contributed by atoms with Crippen LogP contribution >= 0.6 is 0 Å². The highest BCUT2D eigenvalue weighted by molar-refractivity contribution is 7.92. The summed E-state index contributed by atoms with van der Waals surface area (Å²) in [5.41, 5.74) is 0. The van der Waals surface area contributed by atoms with Crippen molar-refractivity contribution < 1.29 is 17.9 Å². The maximum atomic E-state index is 11.3. The van der Waals surface area contributed by atoms with Crippen molar-refractivity contribution in [2.45, 2.75) is 18.0 Å². The van der Waals surface area contributed by atoms with Crippen molar-refractivity contribution in [1.82, 2.24) is 0 Å². The minimum absolute atomic E-state index is 0.161. The van der Waals surface area contributed by atoms with E-state index in [1.54, 1.807) is 0 Å². The molecule has 0 saturated carbocycles. The third kappa shape index (κ3) is 1.17. The van der Waals surface area contributed by atoms with Gasteiger partial charge in [-0.15, -0.1) is 0 Å². The van der Waals surface area contributed by atoms with Gasteiger partial charge < -0.3 is 9.47 Å². The molecule has 0 aromatic rings. The van der Waals surface area contributed by atoms with Gasteiger partial charge in [0.05, 0.1) is 5.75 Å². The lowest BCUT2D eigenvalue weighted by Crippen LogP contribution is -2.38. The first-order chi connectivity index (χ1) is 5.08. The Kier molecular flexibility index (Phi) is 2.22. The van der Waals surface area contributed by atoms with Crippen LogP contribution in [0.1, 0.15) is 12.8 Å². The molecule has 0 unspecified atom stereocenters. The van der Waals surface area contributed by atoms with E-state index in [9.17, 15) is 8.42 Å². The van der Waals surface area contributed by atoms with Crippen molar-refractivity contribution in [3.8, 4) is 0 Å². The van der Waals surface area contributed by atoms with Crippen molar-refractivity contribution in [2.75, 3.05) is 20.0 Å². The molecule has 1 saturated heterocycles. The lowest BCUT2D eigenvalue weighted by atomic mass is 10.3. The fourth-order valence-corrected chi connectivity index (χ4v) is 3.13. The molecule has 0 spiro atoms. The van der Waals surface area contributed by atoms with Crippen LogP contribution < -0.4 is 0 Å². The van der Waals surface area contributed by atoms with Crippen molar-refractivity contribution >= 4 is 9.84 Å². The van der Waals surface area contributed by atoms with Crippen LogP contribution in [0.25, 0.3) is 0 Å². The van der Waals surface area contributed by atoms with Crippen LogP contribution in [0.5, 0.6) is 0 Å². The van der Waals surface area contributed by atoms with E-state index in [-0.39, 0.29) is 5.75 Å². The zero-order valence-electron chi connectivity index (χ0n) is 6.66. The second-order valence-electron chi connectivity index (χ2n) is 2.51. The van der Waals surface area contributed by atoms with Crippen molar-refractivity contribution in [1.29, 1.82) is 0 Å². The molecule has 1 aliphatic heterocycles. The molecule has 1 heterocycles. The van der Waals surface area contributed by atoms with Gasteiger partial charge in [0.1, 0.15) is 0 Å². The number of sulfone groups is 1. The molecule has 66 valence electrons. The van der Waals surface area contributed by atoms with Gasteiger partial charge in [-0.3, -0.25) is 0 Å². The zero-order valence-corrected chi connectivity index (χ0v) is 7.48. The quantitative estimate of drug-likeness (QED) is 0.567. The molecular weight excluding hydrogens is 168 g/mol. The molecule has 4 nitrogen and oxygen atoms in total. The number of hydrogen-bond acceptors (Lipinski definition) is 4. The predicted octanol–water partition coefficient (Wildman–Crippen LogP) is 0.142. The van der Waals surface area contributed by atoms with Crippen molar-refractivity contribution in [3.05, 3.63) is 0 Å². The molecule has 0 atom stereocenters. The third-order valence-corrected chi connectivity index (χ3v) is 4.30. The zero-order chi connectivity index (χ0) is 8.54. The molecule has 0 aliphatic carbocycles. The Morgan fingerprint density at radius 1 is 1.27 bits per heavy atom. The number of methoxy groups -OCH3 is 2. The summed E-state index contributed by atoms with van der Waals surface area (Å²) in [7, 11) is -0.486. The Morgan fingerprint density at radius 2 is 1.82 bits per heavy atom. The molecule has 5 heteroatoms. The average molecular weight is 180 g/mol. The average Bonchev–Trinajstić information content (AvgIpc) is 2.26. The van der Waals surface area contributed by atoms with Crippen LogP contribution in [0.3, 0.4) is 0 Å². The van der Waals surface area contributed by atoms with Gasteiger partial charge in [0.15, 0.2) is 0 Å². The molecule has 11 heavy (non-hydrogen) atoms. The monoisotopic (exact) mass is 180 g/mol. The topological polar surface area (TPSA) is 52.6 Å². The summed E-state index contributed by atoms with van der Waals surface area (Å²) >= 11 is 0. The third-order valence-electron chi connectivity index (χ3n) is 1.99. The van der Waals surface area contributed by atoms with E-state index < -0.39 is 15.0 Å². The first-order valence-corrected chi connectivity index (χ1v) is 5.06. The predicted molar refractivity (Wildman–Crippen MR) is 39.8 cm³/mol. The molecule has 0 bridgehead atoms. The molecule has 1 aliphatic rings. The molecule has 0 aromatic heterocycles. The Labute approximate surface area is 66.4 Å². The summed E-state index contributed by atoms with van der Waals surface area (Å²) in [6.45, 7) is 0. The van der Waals surface area contributed by atoms with Crippen LogP contribution in [0.2, 0.25) is 0 Å². The Balaban J connectivity index is 3.00. The van der Waals surface area contributed by atoms with Gasteiger partial charge in [0, 0.05) is 20.6 Å². The van der Waals surface area contributed by atoms with Gasteiger partial charge in [-0.05, 0) is 6.42 Å². The maximum absolute atomic E-state index is 11.3. The molecule has 0 N–H and O–H groups in total. The Bertz CT molecular complexity index is 227. The van der Waals surface area contributed by atoms with E-state index in [0.29, 0.717) is 12.8 Å². The van der Waals surface area contributed by atoms with E-state index in [2.05, 4.69) is 0 Å². The Morgan fingerprint density at radius 3 is 2.00 bits per heavy atom. The summed E-state index contributed by atoms with van der Waals surface area (Å²) < 4.78 is 32.3. The van der Waals surface area contributed by atoms with Gasteiger partial charge in [-0.25, -0.2) is 8.42 Å². The highest BCUT2D eigenvalue weighted by Gasteiger charge is 2.48. The first-order valence-electron chi connectivity index (χ1n) is 3.40. The van der Waals surface area contributed by atoms with Crippen LogP contribution in [0.4, 0.5) is 0 Å². The SMILES string of the molecule is COC1(OC)CCCS1(=O)=O. The lowest BCUT2D eigenvalue weighted by Gasteiger charge is -2.23. The Hall–Kier alpha value is -0.130. The van der Waals surface area contributed by atoms with Crippen LogP contribution in [-0.4, -0.2) is 33.5 Å². The summed E-state index contributed by atoms with van der Waals surface area (Å²) in [6.07, 6.45) is 1.05. The minimum atomic E-state index is -3.19. The van der Waals surface area contributed by atoms with E-state index in [0.717, 1.165) is 0 Å². The smallest absolute Gasteiger partial charge is 0.273 e. The van der Waals surface area contributed by atoms with Crippen LogP contribution in [-0.2, 0) is 19.3 Å². The van der Waals surface area contributed by atoms with Gasteiger partial charge >= 0.3 is 0 Å². The largest absolute Gasteiger partial charge is 0.341 e. The maximum Gasteiger partial charge on any atom is 0.273 e. The van der Waals surface area contributed by atoms with Gasteiger partial charge in [-0.1, -0.05) is 0 Å². The summed E-state index contributed by atoms with van der Waals surface area (Å²) in [4.78, 5) is 0. The second kappa shape index (κ2) is 2.73. The van der Waals surface area contributed by atoms with Crippen molar-refractivity contribution in [2.24, 2.45) is 0 Å². The van der Waals surface area contributed by atoms with E-state index in [4.69, 9.17) is 9.47 Å². The normalized spacial score (nSPS) is 27.1. The number of ether oxygens (including phenoxy) is 2. The summed E-state index contributed by atoms with van der Waals surface area (Å²) in [5, 5.41) is -1.35. The lowest BCUT2D eigenvalue weighted by molar-refractivity contribution is -0.139. The summed E-state index contributed by atoms with van der Waals surface area (Å²) in [6, 6.07) is 0. The van der Waals surface area contributed by atoms with Crippen molar-refractivity contribution in [3.63, 3.8) is 0 Å². The van der Waals surface area contributed by atoms with Gasteiger partial charge in [-0.2, -0.15) is 0 Å². The molecule has 1 fully saturated rings. The van der Waals surface area contributed by atoms with E-state index >= 15 is 0 Å². The molecule has 1 rings (SSSR count). The second-order valence-corrected chi connectivity index (χ2v) is 4.77. The molecule has 0 amide bonds. The highest BCUT2D eigenvalue weighted by Crippen LogP contribution is 2.33. The number of rotatable bonds is 2. The number of hydrogen-bond donors (Lipinski definition) is 0. The van der Waals surface area contributed by atoms with Crippen LogP contribution in [0, 0.1) is 0 Å². The minimum Gasteiger partial charge on any atom is -0.341 e. The fraction of sp³-hybridized carbons (Fsp3) is 1.00. The highest BCUT2D eigenvalue weighted by atomic mass is 32.2. The van der Waals surface area contributed by atoms with E-state index in [1.807, 2.05) is 0 Å². The fourth-order valence-electron chi connectivity index (χ4n) is 1.33. The van der Waals surface area contributed by atoms with Gasteiger partial charge in [0.25, 0.3) is 5.12 Å². The summed E-state index contributed by atoms with van der Waals surface area (Å²) in [5.74, 6) is 0.161. The first kappa shape index (κ1) is 8.96. The molecule has 0 aromatic carbocycles.